The maximum atomic E-state index is 11.8. The van der Waals surface area contributed by atoms with Crippen molar-refractivity contribution in [3.63, 3.8) is 0 Å². The number of anilines is 2. The molecule has 0 atom stereocenters. The summed E-state index contributed by atoms with van der Waals surface area (Å²) in [4.78, 5) is 4.40. The highest BCUT2D eigenvalue weighted by Crippen LogP contribution is 2.30. The van der Waals surface area contributed by atoms with E-state index in [1.807, 2.05) is 17.0 Å². The summed E-state index contributed by atoms with van der Waals surface area (Å²) in [6.45, 7) is 2.84. The highest BCUT2D eigenvalue weighted by atomic mass is 79.9. The van der Waals surface area contributed by atoms with Crippen molar-refractivity contribution in [1.29, 1.82) is 5.26 Å². The van der Waals surface area contributed by atoms with Crippen molar-refractivity contribution in [3.05, 3.63) is 52.5 Å². The van der Waals surface area contributed by atoms with Crippen molar-refractivity contribution in [2.24, 2.45) is 5.14 Å². The molecule has 0 amide bonds. The van der Waals surface area contributed by atoms with E-state index in [4.69, 9.17) is 10.4 Å². The molecule has 2 aromatic carbocycles. The van der Waals surface area contributed by atoms with Gasteiger partial charge in [-0.05, 0) is 46.3 Å². The molecule has 25 heavy (non-hydrogen) atoms. The number of nitriles is 1. The van der Waals surface area contributed by atoms with Crippen molar-refractivity contribution in [2.45, 2.75) is 4.90 Å². The van der Waals surface area contributed by atoms with Crippen LogP contribution in [0.5, 0.6) is 0 Å². The Balaban J connectivity index is 1.79. The smallest absolute Gasteiger partial charge is 0.240 e. The molecule has 0 saturated carbocycles. The lowest BCUT2D eigenvalue weighted by molar-refractivity contribution is 0.595. The lowest BCUT2D eigenvalue weighted by Crippen LogP contribution is -2.47. The fourth-order valence-electron chi connectivity index (χ4n) is 2.98. The maximum Gasteiger partial charge on any atom is 0.240 e. The number of halogens is 1. The first-order valence-corrected chi connectivity index (χ1v) is 10.1. The highest BCUT2D eigenvalue weighted by molar-refractivity contribution is 9.10. The Kier molecular flexibility index (Phi) is 4.99. The molecule has 1 aliphatic rings. The van der Waals surface area contributed by atoms with Gasteiger partial charge in [-0.2, -0.15) is 5.26 Å². The fourth-order valence-corrected chi connectivity index (χ4v) is 4.37. The third kappa shape index (κ3) is 3.79. The number of hydrogen-bond donors (Lipinski definition) is 1. The lowest BCUT2D eigenvalue weighted by Gasteiger charge is -2.38. The quantitative estimate of drug-likeness (QED) is 0.822. The van der Waals surface area contributed by atoms with E-state index in [0.29, 0.717) is 24.3 Å². The second kappa shape index (κ2) is 7.04. The predicted octanol–water partition coefficient (Wildman–Crippen LogP) is 2.29. The van der Waals surface area contributed by atoms with E-state index in [-0.39, 0.29) is 4.90 Å². The first kappa shape index (κ1) is 17.7. The van der Waals surface area contributed by atoms with E-state index in [9.17, 15) is 8.42 Å². The molecule has 8 heteroatoms. The molecule has 6 nitrogen and oxygen atoms in total. The number of nitrogens with two attached hydrogens (primary N) is 1. The van der Waals surface area contributed by atoms with Gasteiger partial charge in [-0.1, -0.05) is 12.1 Å². The zero-order chi connectivity index (χ0) is 18.0. The molecular weight excluding hydrogens is 404 g/mol. The van der Waals surface area contributed by atoms with Gasteiger partial charge in [0.25, 0.3) is 0 Å². The number of nitrogens with zero attached hydrogens (tertiary/aromatic N) is 3. The van der Waals surface area contributed by atoms with Crippen molar-refractivity contribution < 1.29 is 8.42 Å². The number of hydrogen-bond acceptors (Lipinski definition) is 5. The Morgan fingerprint density at radius 3 is 2.16 bits per heavy atom. The first-order valence-electron chi connectivity index (χ1n) is 7.71. The van der Waals surface area contributed by atoms with Gasteiger partial charge in [-0.15, -0.1) is 0 Å². The van der Waals surface area contributed by atoms with E-state index in [0.717, 1.165) is 23.2 Å². The molecule has 0 aromatic heterocycles. The van der Waals surface area contributed by atoms with Crippen molar-refractivity contribution in [2.75, 3.05) is 36.0 Å². The third-order valence-corrected chi connectivity index (χ3v) is 5.80. The Morgan fingerprint density at radius 2 is 1.60 bits per heavy atom. The van der Waals surface area contributed by atoms with Crippen LogP contribution in [0.25, 0.3) is 0 Å². The molecule has 0 spiro atoms. The van der Waals surface area contributed by atoms with Crippen LogP contribution in [0.1, 0.15) is 5.56 Å². The molecule has 0 unspecified atom stereocenters. The minimum Gasteiger partial charge on any atom is -0.367 e. The van der Waals surface area contributed by atoms with Crippen LogP contribution in [0.3, 0.4) is 0 Å². The van der Waals surface area contributed by atoms with E-state index in [1.54, 1.807) is 24.3 Å². The number of piperazine rings is 1. The molecular formula is C17H17BrN4O2S. The number of sulfonamides is 1. The third-order valence-electron chi connectivity index (χ3n) is 4.21. The molecule has 0 radical (unpaired) electrons. The van der Waals surface area contributed by atoms with Crippen molar-refractivity contribution in [3.8, 4) is 6.07 Å². The number of rotatable bonds is 3. The summed E-state index contributed by atoms with van der Waals surface area (Å²) < 4.78 is 24.5. The van der Waals surface area contributed by atoms with Crippen LogP contribution in [0.15, 0.2) is 51.8 Å². The van der Waals surface area contributed by atoms with Gasteiger partial charge < -0.3 is 9.80 Å². The Labute approximate surface area is 155 Å². The van der Waals surface area contributed by atoms with Gasteiger partial charge in [0, 0.05) is 30.7 Å². The maximum absolute atomic E-state index is 11.8. The van der Waals surface area contributed by atoms with Gasteiger partial charge >= 0.3 is 0 Å². The summed E-state index contributed by atoms with van der Waals surface area (Å²) in [6.07, 6.45) is 0. The van der Waals surface area contributed by atoms with E-state index in [1.165, 1.54) is 6.07 Å². The Morgan fingerprint density at radius 1 is 1.00 bits per heavy atom. The van der Waals surface area contributed by atoms with Crippen molar-refractivity contribution >= 4 is 37.3 Å². The molecule has 1 fully saturated rings. The van der Waals surface area contributed by atoms with Crippen LogP contribution in [-0.4, -0.2) is 34.6 Å². The molecule has 130 valence electrons. The minimum absolute atomic E-state index is 0.156. The second-order valence-electron chi connectivity index (χ2n) is 5.76. The normalized spacial score (nSPS) is 15.1. The fraction of sp³-hybridized carbons (Fsp3) is 0.235. The Bertz CT molecular complexity index is 932. The largest absolute Gasteiger partial charge is 0.367 e. The summed E-state index contributed by atoms with van der Waals surface area (Å²) in [6, 6.07) is 14.5. The molecule has 0 bridgehead atoms. The Hall–Kier alpha value is -2.08. The molecule has 1 heterocycles. The van der Waals surface area contributed by atoms with E-state index >= 15 is 0 Å². The van der Waals surface area contributed by atoms with Crippen LogP contribution in [0.2, 0.25) is 0 Å². The van der Waals surface area contributed by atoms with Gasteiger partial charge in [-0.3, -0.25) is 0 Å². The monoisotopic (exact) mass is 420 g/mol. The topological polar surface area (TPSA) is 90.4 Å². The van der Waals surface area contributed by atoms with Gasteiger partial charge in [0.1, 0.15) is 4.90 Å². The number of para-hydroxylation sites is 1. The molecule has 2 aromatic rings. The van der Waals surface area contributed by atoms with Crippen LogP contribution in [0.4, 0.5) is 11.4 Å². The highest BCUT2D eigenvalue weighted by Gasteiger charge is 2.23. The minimum atomic E-state index is -3.76. The summed E-state index contributed by atoms with van der Waals surface area (Å²) in [5.41, 5.74) is 2.28. The summed E-state index contributed by atoms with van der Waals surface area (Å²) in [7, 11) is -3.76. The zero-order valence-electron chi connectivity index (χ0n) is 13.4. The van der Waals surface area contributed by atoms with Crippen molar-refractivity contribution in [1.82, 2.24) is 0 Å². The summed E-state index contributed by atoms with van der Waals surface area (Å²) in [5, 5.41) is 14.3. The average molecular weight is 421 g/mol. The summed E-state index contributed by atoms with van der Waals surface area (Å²) >= 11 is 3.52. The van der Waals surface area contributed by atoms with Crippen LogP contribution < -0.4 is 14.9 Å². The standard InChI is InChI=1S/C17H17BrN4O2S/c18-14-11-13(12-19)5-6-15(14)21-7-9-22(10-8-21)16-3-1-2-4-17(16)25(20,23)24/h1-6,11H,7-10H2,(H2,20,23,24). The van der Waals surface area contributed by atoms with Crippen LogP contribution in [-0.2, 0) is 10.0 Å². The number of benzene rings is 2. The molecule has 1 saturated heterocycles. The zero-order valence-corrected chi connectivity index (χ0v) is 15.8. The van der Waals surface area contributed by atoms with E-state index < -0.39 is 10.0 Å². The lowest BCUT2D eigenvalue weighted by atomic mass is 10.2. The first-order chi connectivity index (χ1) is 11.9. The second-order valence-corrected chi connectivity index (χ2v) is 8.15. The van der Waals surface area contributed by atoms with Gasteiger partial charge in [0.15, 0.2) is 0 Å². The van der Waals surface area contributed by atoms with Crippen LogP contribution in [0, 0.1) is 11.3 Å². The SMILES string of the molecule is N#Cc1ccc(N2CCN(c3ccccc3S(N)(=O)=O)CC2)c(Br)c1. The molecule has 1 aliphatic heterocycles. The molecule has 2 N–H and O–H groups in total. The summed E-state index contributed by atoms with van der Waals surface area (Å²) in [5.74, 6) is 0. The van der Waals surface area contributed by atoms with E-state index in [2.05, 4.69) is 26.9 Å². The predicted molar refractivity (Wildman–Crippen MR) is 101 cm³/mol. The molecule has 0 aliphatic carbocycles. The number of primary sulfonamides is 1. The van der Waals surface area contributed by atoms with Gasteiger partial charge in [-0.25, -0.2) is 13.6 Å². The average Bonchev–Trinajstić information content (AvgIpc) is 2.61. The van der Waals surface area contributed by atoms with Gasteiger partial charge in [0.2, 0.25) is 10.0 Å². The molecule has 3 rings (SSSR count). The van der Waals surface area contributed by atoms with Gasteiger partial charge in [0.05, 0.1) is 23.0 Å². The van der Waals surface area contributed by atoms with Crippen LogP contribution >= 0.6 is 15.9 Å².